The van der Waals surface area contributed by atoms with Crippen molar-refractivity contribution in [3.63, 3.8) is 0 Å². The number of para-hydroxylation sites is 1. The zero-order chi connectivity index (χ0) is 14.4. The van der Waals surface area contributed by atoms with Crippen LogP contribution >= 0.6 is 11.8 Å². The highest BCUT2D eigenvalue weighted by atomic mass is 32.2. The summed E-state index contributed by atoms with van der Waals surface area (Å²) in [6, 6.07) is 14.9. The second-order valence-corrected chi connectivity index (χ2v) is 5.14. The van der Waals surface area contributed by atoms with Crippen molar-refractivity contribution in [2.24, 2.45) is 0 Å². The lowest BCUT2D eigenvalue weighted by atomic mass is 10.1. The number of carbonyl (C=O) groups excluding carboxylic acids is 1. The van der Waals surface area contributed by atoms with E-state index in [2.05, 4.69) is 0 Å². The molecule has 0 aliphatic carbocycles. The summed E-state index contributed by atoms with van der Waals surface area (Å²) in [4.78, 5) is 13.2. The van der Waals surface area contributed by atoms with Crippen LogP contribution in [-0.2, 0) is 0 Å². The van der Waals surface area contributed by atoms with E-state index >= 15 is 0 Å². The minimum absolute atomic E-state index is 0.0586. The van der Waals surface area contributed by atoms with Gasteiger partial charge in [-0.15, -0.1) is 11.8 Å². The molecule has 0 aromatic heterocycles. The van der Waals surface area contributed by atoms with Crippen LogP contribution < -0.4 is 9.47 Å². The molecule has 0 aliphatic heterocycles. The molecule has 2 aromatic carbocycles. The second-order valence-electron chi connectivity index (χ2n) is 4.09. The minimum atomic E-state index is 0.0586. The van der Waals surface area contributed by atoms with Gasteiger partial charge in [0.1, 0.15) is 11.5 Å². The zero-order valence-corrected chi connectivity index (χ0v) is 12.3. The Hall–Kier alpha value is -1.94. The monoisotopic (exact) mass is 288 g/mol. The molecule has 0 saturated heterocycles. The molecule has 20 heavy (non-hydrogen) atoms. The Morgan fingerprint density at radius 3 is 2.35 bits per heavy atom. The Morgan fingerprint density at radius 2 is 1.70 bits per heavy atom. The number of ether oxygens (including phenoxy) is 2. The second kappa shape index (κ2) is 7.01. The van der Waals surface area contributed by atoms with Crippen molar-refractivity contribution in [3.05, 3.63) is 54.1 Å². The average molecular weight is 288 g/mol. The van der Waals surface area contributed by atoms with Gasteiger partial charge in [-0.05, 0) is 36.4 Å². The van der Waals surface area contributed by atoms with Crippen molar-refractivity contribution >= 4 is 17.5 Å². The Kier molecular flexibility index (Phi) is 5.07. The maximum absolute atomic E-state index is 12.2. The third kappa shape index (κ3) is 3.54. The molecule has 0 fully saturated rings. The number of carbonyl (C=O) groups is 1. The standard InChI is InChI=1S/C16H16O3S/c1-18-12-7-9-13(10-8-12)20-11-15(17)14-5-3-4-6-16(14)19-2/h3-10H,11H2,1-2H3. The van der Waals surface area contributed by atoms with Gasteiger partial charge in [0.2, 0.25) is 0 Å². The average Bonchev–Trinajstić information content (AvgIpc) is 2.53. The number of hydrogen-bond acceptors (Lipinski definition) is 4. The van der Waals surface area contributed by atoms with E-state index < -0.39 is 0 Å². The third-order valence-corrected chi connectivity index (χ3v) is 3.85. The Labute approximate surface area is 122 Å². The number of ketones is 1. The number of benzene rings is 2. The summed E-state index contributed by atoms with van der Waals surface area (Å²) in [5.41, 5.74) is 0.621. The van der Waals surface area contributed by atoms with Crippen LogP contribution in [0.2, 0.25) is 0 Å². The largest absolute Gasteiger partial charge is 0.497 e. The Morgan fingerprint density at radius 1 is 1.00 bits per heavy atom. The lowest BCUT2D eigenvalue weighted by Crippen LogP contribution is -2.04. The molecule has 4 heteroatoms. The highest BCUT2D eigenvalue weighted by molar-refractivity contribution is 8.00. The summed E-state index contributed by atoms with van der Waals surface area (Å²) in [6.07, 6.45) is 0. The summed E-state index contributed by atoms with van der Waals surface area (Å²) in [5, 5.41) is 0. The summed E-state index contributed by atoms with van der Waals surface area (Å²) >= 11 is 1.50. The van der Waals surface area contributed by atoms with Crippen molar-refractivity contribution in [1.82, 2.24) is 0 Å². The first-order valence-corrected chi connectivity index (χ1v) is 7.16. The van der Waals surface area contributed by atoms with Crippen molar-refractivity contribution in [2.75, 3.05) is 20.0 Å². The molecule has 0 aliphatic rings. The molecular weight excluding hydrogens is 272 g/mol. The van der Waals surface area contributed by atoms with Crippen molar-refractivity contribution in [1.29, 1.82) is 0 Å². The molecule has 0 saturated carbocycles. The minimum Gasteiger partial charge on any atom is -0.497 e. The van der Waals surface area contributed by atoms with Gasteiger partial charge in [-0.1, -0.05) is 12.1 Å². The van der Waals surface area contributed by atoms with Crippen molar-refractivity contribution in [2.45, 2.75) is 4.90 Å². The molecular formula is C16H16O3S. The van der Waals surface area contributed by atoms with Crippen LogP contribution in [0.1, 0.15) is 10.4 Å². The molecule has 2 rings (SSSR count). The molecule has 0 N–H and O–H groups in total. The van der Waals surface area contributed by atoms with E-state index in [1.807, 2.05) is 36.4 Å². The molecule has 2 aromatic rings. The summed E-state index contributed by atoms with van der Waals surface area (Å²) < 4.78 is 10.3. The first kappa shape index (κ1) is 14.5. The molecule has 0 heterocycles. The van der Waals surface area contributed by atoms with Crippen LogP contribution in [0.25, 0.3) is 0 Å². The van der Waals surface area contributed by atoms with E-state index in [4.69, 9.17) is 9.47 Å². The first-order valence-electron chi connectivity index (χ1n) is 6.17. The maximum Gasteiger partial charge on any atom is 0.176 e. The predicted molar refractivity (Wildman–Crippen MR) is 81.0 cm³/mol. The lowest BCUT2D eigenvalue weighted by Gasteiger charge is -2.07. The summed E-state index contributed by atoms with van der Waals surface area (Å²) in [5.74, 6) is 1.87. The highest BCUT2D eigenvalue weighted by Gasteiger charge is 2.11. The molecule has 0 atom stereocenters. The molecule has 0 radical (unpaired) electrons. The van der Waals surface area contributed by atoms with E-state index in [9.17, 15) is 4.79 Å². The van der Waals surface area contributed by atoms with Gasteiger partial charge in [-0.25, -0.2) is 0 Å². The van der Waals surface area contributed by atoms with Gasteiger partial charge in [-0.2, -0.15) is 0 Å². The Balaban J connectivity index is 2.01. The fraction of sp³-hybridized carbons (Fsp3) is 0.188. The normalized spacial score (nSPS) is 10.1. The Bertz CT molecular complexity index is 579. The third-order valence-electron chi connectivity index (χ3n) is 2.84. The van der Waals surface area contributed by atoms with E-state index in [-0.39, 0.29) is 5.78 Å². The van der Waals surface area contributed by atoms with Crippen molar-refractivity contribution < 1.29 is 14.3 Å². The SMILES string of the molecule is COc1ccc(SCC(=O)c2ccccc2OC)cc1. The summed E-state index contributed by atoms with van der Waals surface area (Å²) in [6.45, 7) is 0. The summed E-state index contributed by atoms with van der Waals surface area (Å²) in [7, 11) is 3.20. The number of rotatable bonds is 6. The van der Waals surface area contributed by atoms with E-state index in [0.29, 0.717) is 17.1 Å². The van der Waals surface area contributed by atoms with Gasteiger partial charge in [0.15, 0.2) is 5.78 Å². The maximum atomic E-state index is 12.2. The van der Waals surface area contributed by atoms with Crippen LogP contribution in [0, 0.1) is 0 Å². The van der Waals surface area contributed by atoms with E-state index in [1.54, 1.807) is 26.4 Å². The number of thioether (sulfide) groups is 1. The van der Waals surface area contributed by atoms with Crippen LogP contribution in [0.5, 0.6) is 11.5 Å². The van der Waals surface area contributed by atoms with Crippen LogP contribution in [0.4, 0.5) is 0 Å². The number of hydrogen-bond donors (Lipinski definition) is 0. The fourth-order valence-electron chi connectivity index (χ4n) is 1.77. The molecule has 104 valence electrons. The van der Waals surface area contributed by atoms with Gasteiger partial charge < -0.3 is 9.47 Å². The smallest absolute Gasteiger partial charge is 0.176 e. The van der Waals surface area contributed by atoms with Gasteiger partial charge >= 0.3 is 0 Å². The number of methoxy groups -OCH3 is 2. The van der Waals surface area contributed by atoms with E-state index in [0.717, 1.165) is 10.6 Å². The van der Waals surface area contributed by atoms with Crippen molar-refractivity contribution in [3.8, 4) is 11.5 Å². The first-order chi connectivity index (χ1) is 9.74. The van der Waals surface area contributed by atoms with Crippen LogP contribution in [0.3, 0.4) is 0 Å². The molecule has 0 unspecified atom stereocenters. The molecule has 0 bridgehead atoms. The van der Waals surface area contributed by atoms with Gasteiger partial charge in [0, 0.05) is 4.90 Å². The van der Waals surface area contributed by atoms with Gasteiger partial charge in [-0.3, -0.25) is 4.79 Å². The predicted octanol–water partition coefficient (Wildman–Crippen LogP) is 3.68. The molecule has 0 amide bonds. The molecule has 3 nitrogen and oxygen atoms in total. The zero-order valence-electron chi connectivity index (χ0n) is 11.5. The highest BCUT2D eigenvalue weighted by Crippen LogP contribution is 2.24. The van der Waals surface area contributed by atoms with E-state index in [1.165, 1.54) is 11.8 Å². The molecule has 0 spiro atoms. The lowest BCUT2D eigenvalue weighted by molar-refractivity contribution is 0.101. The van der Waals surface area contributed by atoms with Crippen LogP contribution in [0.15, 0.2) is 53.4 Å². The van der Waals surface area contributed by atoms with Gasteiger partial charge in [0.05, 0.1) is 25.5 Å². The number of Topliss-reactive ketones (excluding diaryl/α,β-unsaturated/α-hetero) is 1. The topological polar surface area (TPSA) is 35.5 Å². The van der Waals surface area contributed by atoms with Crippen LogP contribution in [-0.4, -0.2) is 25.8 Å². The quantitative estimate of drug-likeness (QED) is 0.600. The van der Waals surface area contributed by atoms with Gasteiger partial charge in [0.25, 0.3) is 0 Å². The fourth-order valence-corrected chi connectivity index (χ4v) is 2.56.